The summed E-state index contributed by atoms with van der Waals surface area (Å²) in [5, 5.41) is 30.4. The Morgan fingerprint density at radius 3 is 2.72 bits per heavy atom. The number of hydrogen-bond acceptors (Lipinski definition) is 10. The first-order chi connectivity index (χ1) is 11.7. The van der Waals surface area contributed by atoms with Crippen LogP contribution in [0.4, 0.5) is 5.82 Å². The molecule has 0 aromatic carbocycles. The van der Waals surface area contributed by atoms with Gasteiger partial charge in [0.1, 0.15) is 30.2 Å². The number of imidazole rings is 1. The largest absolute Gasteiger partial charge is 0.469 e. The number of nitrogens with zero attached hydrogens (tertiary/aromatic N) is 4. The molecule has 3 heterocycles. The molecule has 0 spiro atoms. The van der Waals surface area contributed by atoms with Crippen LogP contribution in [0.2, 0.25) is 0 Å². The zero-order valence-electron chi connectivity index (χ0n) is 12.6. The lowest BCUT2D eigenvalue weighted by atomic mass is 10.0. The number of anilines is 1. The van der Waals surface area contributed by atoms with Gasteiger partial charge in [-0.3, -0.25) is 9.09 Å². The van der Waals surface area contributed by atoms with E-state index in [0.29, 0.717) is 0 Å². The van der Waals surface area contributed by atoms with Gasteiger partial charge in [0, 0.05) is 0 Å². The molecule has 0 radical (unpaired) electrons. The average Bonchev–Trinajstić information content (AvgIpc) is 3.08. The zero-order chi connectivity index (χ0) is 18.4. The molecule has 2 aromatic heterocycles. The highest BCUT2D eigenvalue weighted by Gasteiger charge is 2.56. The molecule has 4 atom stereocenters. The summed E-state index contributed by atoms with van der Waals surface area (Å²) in [6, 6.07) is 0. The van der Waals surface area contributed by atoms with Crippen molar-refractivity contribution in [1.82, 2.24) is 19.5 Å². The minimum atomic E-state index is -4.81. The maximum atomic E-state index is 10.8. The van der Waals surface area contributed by atoms with Gasteiger partial charge in [-0.2, -0.15) is 0 Å². The van der Waals surface area contributed by atoms with Gasteiger partial charge in [0.05, 0.1) is 19.5 Å². The van der Waals surface area contributed by atoms with Crippen LogP contribution >= 0.6 is 7.82 Å². The molecule has 1 aliphatic rings. The smallest absolute Gasteiger partial charge is 0.391 e. The molecule has 13 nitrogen and oxygen atoms in total. The van der Waals surface area contributed by atoms with Crippen LogP contribution in [0.25, 0.3) is 11.2 Å². The van der Waals surface area contributed by atoms with Crippen molar-refractivity contribution in [3.05, 3.63) is 12.7 Å². The molecule has 138 valence electrons. The number of nitrogen functional groups attached to an aromatic ring is 1. The molecule has 14 heteroatoms. The van der Waals surface area contributed by atoms with Gasteiger partial charge >= 0.3 is 7.82 Å². The minimum absolute atomic E-state index is 0.0613. The fourth-order valence-electron chi connectivity index (χ4n) is 2.71. The molecule has 1 aliphatic heterocycles. The quantitative estimate of drug-likeness (QED) is 0.294. The van der Waals surface area contributed by atoms with Gasteiger partial charge in [0.15, 0.2) is 17.2 Å². The van der Waals surface area contributed by atoms with Gasteiger partial charge in [0.25, 0.3) is 0 Å². The predicted molar refractivity (Wildman–Crippen MR) is 79.7 cm³/mol. The summed E-state index contributed by atoms with van der Waals surface area (Å²) >= 11 is 0. The molecule has 1 fully saturated rings. The van der Waals surface area contributed by atoms with Gasteiger partial charge in [0.2, 0.25) is 0 Å². The lowest BCUT2D eigenvalue weighted by molar-refractivity contribution is -0.169. The zero-order valence-corrected chi connectivity index (χ0v) is 13.5. The first-order valence-electron chi connectivity index (χ1n) is 6.98. The monoisotopic (exact) mass is 377 g/mol. The Labute approximate surface area is 139 Å². The SMILES string of the molecule is Nc1ncnc2c1ncn2[C@]1(CO)O[C@H](COP(=O)(O)O)[C@@H](O)[C@H]1O. The molecular weight excluding hydrogens is 361 g/mol. The molecular formula is C11H16N5O8P. The second kappa shape index (κ2) is 6.23. The maximum Gasteiger partial charge on any atom is 0.469 e. The Bertz CT molecular complexity index is 826. The number of ether oxygens (including phenoxy) is 1. The van der Waals surface area contributed by atoms with Crippen LogP contribution in [0.3, 0.4) is 0 Å². The van der Waals surface area contributed by atoms with Gasteiger partial charge in [-0.25, -0.2) is 19.5 Å². The standard InChI is InChI=1S/C11H16N5O8P/c12-9-6-10(14-3-13-9)16(4-15-6)11(2-17)8(19)7(18)5(24-11)1-23-25(20,21)22/h3-5,7-8,17-19H,1-2H2,(H2,12,13,14)(H2,20,21,22)/t5-,7-,8-,11-/m1/s1. The minimum Gasteiger partial charge on any atom is -0.391 e. The van der Waals surface area contributed by atoms with E-state index in [2.05, 4.69) is 19.5 Å². The number of aliphatic hydroxyl groups is 3. The Balaban J connectivity index is 1.99. The topological polar surface area (TPSA) is 206 Å². The number of rotatable bonds is 5. The van der Waals surface area contributed by atoms with Crippen molar-refractivity contribution in [2.45, 2.75) is 24.0 Å². The van der Waals surface area contributed by atoms with Crippen LogP contribution < -0.4 is 5.73 Å². The van der Waals surface area contributed by atoms with Crippen molar-refractivity contribution in [1.29, 1.82) is 0 Å². The van der Waals surface area contributed by atoms with Crippen molar-refractivity contribution in [3.8, 4) is 0 Å². The highest BCUT2D eigenvalue weighted by Crippen LogP contribution is 2.41. The number of phosphoric acid groups is 1. The van der Waals surface area contributed by atoms with E-state index in [0.717, 1.165) is 6.33 Å². The first-order valence-corrected chi connectivity index (χ1v) is 8.51. The summed E-state index contributed by atoms with van der Waals surface area (Å²) in [6.45, 7) is -1.51. The van der Waals surface area contributed by atoms with E-state index in [-0.39, 0.29) is 17.0 Å². The predicted octanol–water partition coefficient (Wildman–Crippen LogP) is -2.72. The number of fused-ring (bicyclic) bond motifs is 1. The Morgan fingerprint density at radius 1 is 1.36 bits per heavy atom. The van der Waals surface area contributed by atoms with E-state index in [1.807, 2.05) is 0 Å². The number of nitrogens with two attached hydrogens (primary N) is 1. The van der Waals surface area contributed by atoms with E-state index in [4.69, 9.17) is 20.3 Å². The molecule has 0 bridgehead atoms. The van der Waals surface area contributed by atoms with Crippen LogP contribution in [-0.2, 0) is 19.6 Å². The Kier molecular flexibility index (Phi) is 4.51. The summed E-state index contributed by atoms with van der Waals surface area (Å²) < 4.78 is 21.8. The third-order valence-corrected chi connectivity index (χ3v) is 4.41. The van der Waals surface area contributed by atoms with Crippen LogP contribution in [0.1, 0.15) is 0 Å². The average molecular weight is 377 g/mol. The van der Waals surface area contributed by atoms with Crippen molar-refractivity contribution in [3.63, 3.8) is 0 Å². The number of hydrogen-bond donors (Lipinski definition) is 6. The van der Waals surface area contributed by atoms with Gasteiger partial charge in [-0.05, 0) is 0 Å². The second-order valence-electron chi connectivity index (χ2n) is 5.43. The normalized spacial score (nSPS) is 30.2. The van der Waals surface area contributed by atoms with Crippen molar-refractivity contribution in [2.24, 2.45) is 0 Å². The van der Waals surface area contributed by atoms with E-state index < -0.39 is 45.1 Å². The number of phosphoric ester groups is 1. The molecule has 0 amide bonds. The third-order valence-electron chi connectivity index (χ3n) is 3.93. The van der Waals surface area contributed by atoms with E-state index in [1.165, 1.54) is 10.9 Å². The van der Waals surface area contributed by atoms with Crippen LogP contribution in [-0.4, -0.2) is 76.2 Å². The fourth-order valence-corrected chi connectivity index (χ4v) is 3.05. The number of aromatic nitrogens is 4. The Hall–Kier alpha value is -1.70. The number of aliphatic hydroxyl groups excluding tert-OH is 3. The molecule has 7 N–H and O–H groups in total. The highest BCUT2D eigenvalue weighted by atomic mass is 31.2. The summed E-state index contributed by atoms with van der Waals surface area (Å²) in [5.41, 5.74) is 4.10. The molecule has 25 heavy (non-hydrogen) atoms. The third kappa shape index (κ3) is 3.01. The fraction of sp³-hybridized carbons (Fsp3) is 0.545. The van der Waals surface area contributed by atoms with Gasteiger partial charge in [-0.15, -0.1) is 0 Å². The summed E-state index contributed by atoms with van der Waals surface area (Å²) in [5.74, 6) is 0.0613. The Morgan fingerprint density at radius 2 is 2.08 bits per heavy atom. The van der Waals surface area contributed by atoms with Gasteiger partial charge < -0.3 is 35.6 Å². The van der Waals surface area contributed by atoms with Crippen LogP contribution in [0, 0.1) is 0 Å². The van der Waals surface area contributed by atoms with Gasteiger partial charge in [-0.1, -0.05) is 0 Å². The van der Waals surface area contributed by atoms with Crippen molar-refractivity contribution < 1.29 is 38.9 Å². The molecule has 0 saturated carbocycles. The highest BCUT2D eigenvalue weighted by molar-refractivity contribution is 7.46. The summed E-state index contributed by atoms with van der Waals surface area (Å²) in [6.07, 6.45) is -2.26. The molecule has 1 saturated heterocycles. The van der Waals surface area contributed by atoms with Crippen molar-refractivity contribution in [2.75, 3.05) is 18.9 Å². The van der Waals surface area contributed by atoms with E-state index in [9.17, 15) is 19.9 Å². The molecule has 3 rings (SSSR count). The first kappa shape index (κ1) is 18.1. The lowest BCUT2D eigenvalue weighted by Crippen LogP contribution is -2.48. The molecule has 2 aromatic rings. The van der Waals surface area contributed by atoms with Crippen molar-refractivity contribution >= 4 is 24.8 Å². The maximum absolute atomic E-state index is 10.8. The van der Waals surface area contributed by atoms with E-state index >= 15 is 0 Å². The lowest BCUT2D eigenvalue weighted by Gasteiger charge is -2.31. The molecule has 0 aliphatic carbocycles. The molecule has 0 unspecified atom stereocenters. The van der Waals surface area contributed by atoms with E-state index in [1.54, 1.807) is 0 Å². The second-order valence-corrected chi connectivity index (χ2v) is 6.67. The van der Waals surface area contributed by atoms with Crippen LogP contribution in [0.5, 0.6) is 0 Å². The summed E-state index contributed by atoms with van der Waals surface area (Å²) in [4.78, 5) is 29.3. The summed E-state index contributed by atoms with van der Waals surface area (Å²) in [7, 11) is -4.81. The van der Waals surface area contributed by atoms with Crippen LogP contribution in [0.15, 0.2) is 12.7 Å².